The van der Waals surface area contributed by atoms with Gasteiger partial charge in [-0.2, -0.15) is 0 Å². The van der Waals surface area contributed by atoms with E-state index in [4.69, 9.17) is 9.05 Å². The number of allylic oxidation sites excluding steroid dienone is 2. The van der Waals surface area contributed by atoms with E-state index in [0.29, 0.717) is 19.6 Å². The van der Waals surface area contributed by atoms with Crippen molar-refractivity contribution in [2.24, 2.45) is 5.92 Å². The van der Waals surface area contributed by atoms with E-state index in [-0.39, 0.29) is 17.9 Å². The molecule has 0 amide bonds. The average molecular weight is 300 g/mol. The van der Waals surface area contributed by atoms with Crippen molar-refractivity contribution >= 4 is 13.4 Å². The van der Waals surface area contributed by atoms with E-state index in [1.807, 2.05) is 6.92 Å². The summed E-state index contributed by atoms with van der Waals surface area (Å²) in [7, 11) is -3.01. The van der Waals surface area contributed by atoms with Crippen LogP contribution in [0.15, 0.2) is 12.2 Å². The van der Waals surface area contributed by atoms with Gasteiger partial charge in [-0.3, -0.25) is 4.57 Å². The van der Waals surface area contributed by atoms with Gasteiger partial charge in [0.1, 0.15) is 5.78 Å². The van der Waals surface area contributed by atoms with Gasteiger partial charge in [0.25, 0.3) is 0 Å². The fraction of sp³-hybridized carbons (Fsp3) is 0.667. The first kappa shape index (κ1) is 19.1. The molecule has 20 heavy (non-hydrogen) atoms. The largest absolute Gasteiger partial charge is 0.334 e. The Balaban J connectivity index is 4.24. The molecule has 0 fully saturated rings. The van der Waals surface area contributed by atoms with Gasteiger partial charge < -0.3 is 13.8 Å². The lowest BCUT2D eigenvalue weighted by atomic mass is 10.0. The Kier molecular flexibility index (Phi) is 10.4. The van der Waals surface area contributed by atoms with Crippen LogP contribution in [0.5, 0.6) is 0 Å². The summed E-state index contributed by atoms with van der Waals surface area (Å²) in [4.78, 5) is 10.8. The SMILES string of the molecule is CCOP(=O)(C/C=C/C#C[C@@H](C)CCC(C)=O)OCC. The van der Waals surface area contributed by atoms with E-state index < -0.39 is 7.60 Å². The van der Waals surface area contributed by atoms with Gasteiger partial charge >= 0.3 is 7.60 Å². The smallest absolute Gasteiger partial charge is 0.309 e. The van der Waals surface area contributed by atoms with Gasteiger partial charge in [-0.25, -0.2) is 0 Å². The zero-order valence-electron chi connectivity index (χ0n) is 12.8. The summed E-state index contributed by atoms with van der Waals surface area (Å²) >= 11 is 0. The zero-order chi connectivity index (χ0) is 15.4. The normalized spacial score (nSPS) is 13.0. The summed E-state index contributed by atoms with van der Waals surface area (Å²) in [6.07, 6.45) is 4.92. The molecule has 5 heteroatoms. The van der Waals surface area contributed by atoms with Crippen LogP contribution in [0.25, 0.3) is 0 Å². The molecule has 0 aromatic carbocycles. The minimum Gasteiger partial charge on any atom is -0.309 e. The second-order valence-corrected chi connectivity index (χ2v) is 6.57. The van der Waals surface area contributed by atoms with E-state index in [9.17, 15) is 9.36 Å². The number of ketones is 1. The van der Waals surface area contributed by atoms with Crippen molar-refractivity contribution in [3.8, 4) is 11.8 Å². The highest BCUT2D eigenvalue weighted by molar-refractivity contribution is 7.54. The van der Waals surface area contributed by atoms with Crippen LogP contribution in [-0.2, 0) is 18.4 Å². The van der Waals surface area contributed by atoms with E-state index in [1.165, 1.54) is 0 Å². The van der Waals surface area contributed by atoms with Crippen molar-refractivity contribution in [3.05, 3.63) is 12.2 Å². The molecule has 0 saturated carbocycles. The van der Waals surface area contributed by atoms with E-state index >= 15 is 0 Å². The van der Waals surface area contributed by atoms with Gasteiger partial charge in [-0.05, 0) is 33.3 Å². The molecule has 4 nitrogen and oxygen atoms in total. The van der Waals surface area contributed by atoms with Crippen LogP contribution in [0.2, 0.25) is 0 Å². The molecule has 0 aliphatic carbocycles. The predicted molar refractivity (Wildman–Crippen MR) is 81.7 cm³/mol. The standard InChI is InChI=1S/C15H25O4P/c1-5-18-20(17,19-6-2)13-9-7-8-10-14(3)11-12-15(4)16/h7,9,14H,5-6,11-13H2,1-4H3/b9-7+/t14-/m1/s1. The Morgan fingerprint density at radius 1 is 1.30 bits per heavy atom. The fourth-order valence-corrected chi connectivity index (χ4v) is 2.89. The molecule has 0 bridgehead atoms. The van der Waals surface area contributed by atoms with Crippen molar-refractivity contribution in [3.63, 3.8) is 0 Å². The molecular formula is C15H25O4P. The number of carbonyl (C=O) groups excluding carboxylic acids is 1. The van der Waals surface area contributed by atoms with Crippen LogP contribution in [0, 0.1) is 17.8 Å². The van der Waals surface area contributed by atoms with Crippen LogP contribution < -0.4 is 0 Å². The molecule has 0 radical (unpaired) electrons. The van der Waals surface area contributed by atoms with Crippen molar-refractivity contribution < 1.29 is 18.4 Å². The van der Waals surface area contributed by atoms with Gasteiger partial charge in [0, 0.05) is 12.3 Å². The number of rotatable bonds is 9. The van der Waals surface area contributed by atoms with Crippen LogP contribution in [-0.4, -0.2) is 25.2 Å². The summed E-state index contributed by atoms with van der Waals surface area (Å²) in [6.45, 7) is 7.85. The third kappa shape index (κ3) is 9.97. The van der Waals surface area contributed by atoms with Gasteiger partial charge in [-0.1, -0.05) is 24.8 Å². The second-order valence-electron chi connectivity index (χ2n) is 4.46. The first-order chi connectivity index (χ1) is 9.43. The van der Waals surface area contributed by atoms with Gasteiger partial charge in [0.2, 0.25) is 0 Å². The molecule has 0 aromatic heterocycles. The number of Topliss-reactive ketones (excluding diaryl/α,β-unsaturated/α-hetero) is 1. The van der Waals surface area contributed by atoms with Gasteiger partial charge in [0.15, 0.2) is 0 Å². The molecule has 0 heterocycles. The summed E-state index contributed by atoms with van der Waals surface area (Å²) in [5.74, 6) is 6.28. The Labute approximate surface area is 122 Å². The van der Waals surface area contributed by atoms with Crippen molar-refractivity contribution in [2.45, 2.75) is 40.5 Å². The zero-order valence-corrected chi connectivity index (χ0v) is 13.7. The summed E-state index contributed by atoms with van der Waals surface area (Å²) in [5.41, 5.74) is 0. The average Bonchev–Trinajstić information content (AvgIpc) is 2.36. The Hall–Kier alpha value is -0.880. The molecule has 0 saturated heterocycles. The lowest BCUT2D eigenvalue weighted by molar-refractivity contribution is -0.117. The lowest BCUT2D eigenvalue weighted by Crippen LogP contribution is -1.98. The van der Waals surface area contributed by atoms with Crippen LogP contribution in [0.1, 0.15) is 40.5 Å². The molecule has 0 rings (SSSR count). The molecule has 0 aliphatic heterocycles. The minimum absolute atomic E-state index is 0.175. The topological polar surface area (TPSA) is 52.6 Å². The molecule has 0 spiro atoms. The highest BCUT2D eigenvalue weighted by Gasteiger charge is 2.20. The molecule has 1 atom stereocenters. The predicted octanol–water partition coefficient (Wildman–Crippen LogP) is 3.82. The van der Waals surface area contributed by atoms with Crippen LogP contribution >= 0.6 is 7.60 Å². The quantitative estimate of drug-likeness (QED) is 0.480. The van der Waals surface area contributed by atoms with Crippen molar-refractivity contribution in [2.75, 3.05) is 19.4 Å². The molecular weight excluding hydrogens is 275 g/mol. The Morgan fingerprint density at radius 3 is 2.40 bits per heavy atom. The molecule has 0 aromatic rings. The highest BCUT2D eigenvalue weighted by atomic mass is 31.2. The highest BCUT2D eigenvalue weighted by Crippen LogP contribution is 2.47. The molecule has 0 unspecified atom stereocenters. The third-order valence-corrected chi connectivity index (χ3v) is 4.40. The summed E-state index contributed by atoms with van der Waals surface area (Å²) < 4.78 is 22.4. The summed E-state index contributed by atoms with van der Waals surface area (Å²) in [5, 5.41) is 0. The first-order valence-corrected chi connectivity index (χ1v) is 8.70. The maximum Gasteiger partial charge on any atom is 0.334 e. The number of hydrogen-bond donors (Lipinski definition) is 0. The first-order valence-electron chi connectivity index (χ1n) is 6.97. The Morgan fingerprint density at radius 2 is 1.90 bits per heavy atom. The Bertz CT molecular complexity index is 407. The third-order valence-electron chi connectivity index (χ3n) is 2.44. The van der Waals surface area contributed by atoms with Crippen LogP contribution in [0.3, 0.4) is 0 Å². The van der Waals surface area contributed by atoms with E-state index in [2.05, 4.69) is 11.8 Å². The molecule has 0 N–H and O–H groups in total. The minimum atomic E-state index is -3.01. The van der Waals surface area contributed by atoms with E-state index in [0.717, 1.165) is 6.42 Å². The monoisotopic (exact) mass is 300 g/mol. The maximum absolute atomic E-state index is 12.1. The van der Waals surface area contributed by atoms with Gasteiger partial charge in [0.05, 0.1) is 19.4 Å². The van der Waals surface area contributed by atoms with Crippen molar-refractivity contribution in [1.29, 1.82) is 0 Å². The van der Waals surface area contributed by atoms with Crippen molar-refractivity contribution in [1.82, 2.24) is 0 Å². The van der Waals surface area contributed by atoms with Gasteiger partial charge in [-0.15, -0.1) is 0 Å². The lowest BCUT2D eigenvalue weighted by Gasteiger charge is -2.14. The summed E-state index contributed by atoms with van der Waals surface area (Å²) in [6, 6.07) is 0. The van der Waals surface area contributed by atoms with Crippen LogP contribution in [0.4, 0.5) is 0 Å². The fourth-order valence-electron chi connectivity index (χ4n) is 1.46. The number of carbonyl (C=O) groups is 1. The van der Waals surface area contributed by atoms with E-state index in [1.54, 1.807) is 32.9 Å². The molecule has 114 valence electrons. The molecule has 0 aliphatic rings. The number of hydrogen-bond acceptors (Lipinski definition) is 4. The maximum atomic E-state index is 12.1. The second kappa shape index (κ2) is 10.9.